The van der Waals surface area contributed by atoms with Crippen molar-refractivity contribution in [3.63, 3.8) is 0 Å². The summed E-state index contributed by atoms with van der Waals surface area (Å²) >= 11 is 5.09. The van der Waals surface area contributed by atoms with Gasteiger partial charge in [-0.05, 0) is 42.5 Å². The lowest BCUT2D eigenvalue weighted by atomic mass is 10.2. The topological polar surface area (TPSA) is 87.1 Å². The third-order valence-corrected chi connectivity index (χ3v) is 3.52. The van der Waals surface area contributed by atoms with Gasteiger partial charge in [-0.15, -0.1) is 0 Å². The van der Waals surface area contributed by atoms with Crippen LogP contribution in [0.15, 0.2) is 65.4 Å². The number of amides is 2. The number of hydrogen-bond acceptors (Lipinski definition) is 4. The van der Waals surface area contributed by atoms with Crippen LogP contribution in [0.2, 0.25) is 0 Å². The first kappa shape index (κ1) is 15.7. The van der Waals surface area contributed by atoms with Crippen molar-refractivity contribution in [3.8, 4) is 0 Å². The minimum Gasteiger partial charge on any atom is -0.459 e. The van der Waals surface area contributed by atoms with E-state index in [0.29, 0.717) is 21.6 Å². The van der Waals surface area contributed by atoms with E-state index in [1.54, 1.807) is 54.7 Å². The Hall–Kier alpha value is -3.19. The second-order valence-corrected chi connectivity index (χ2v) is 5.29. The smallest absolute Gasteiger partial charge is 0.291 e. The van der Waals surface area contributed by atoms with Crippen molar-refractivity contribution in [3.05, 3.63) is 77.0 Å². The summed E-state index contributed by atoms with van der Waals surface area (Å²) in [5, 5.41) is 5.45. The number of benzene rings is 1. The molecule has 24 heavy (non-hydrogen) atoms. The van der Waals surface area contributed by atoms with Crippen LogP contribution in [-0.4, -0.2) is 16.8 Å². The van der Waals surface area contributed by atoms with Crippen molar-refractivity contribution < 1.29 is 14.0 Å². The molecule has 2 heterocycles. The summed E-state index contributed by atoms with van der Waals surface area (Å²) in [5.74, 6) is -0.486. The molecule has 3 N–H and O–H groups in total. The van der Waals surface area contributed by atoms with Crippen molar-refractivity contribution in [2.45, 2.75) is 0 Å². The molecule has 1 aromatic carbocycles. The molecular formula is C17H13N3O3S. The van der Waals surface area contributed by atoms with Crippen molar-refractivity contribution in [2.75, 3.05) is 10.6 Å². The zero-order valence-corrected chi connectivity index (χ0v) is 13.2. The number of aromatic amines is 1. The van der Waals surface area contributed by atoms with E-state index >= 15 is 0 Å². The first-order chi connectivity index (χ1) is 11.6. The van der Waals surface area contributed by atoms with Gasteiger partial charge in [0.25, 0.3) is 11.8 Å². The fraction of sp³-hybridized carbons (Fsp3) is 0. The molecule has 0 saturated heterocycles. The average Bonchev–Trinajstić information content (AvgIpc) is 3.10. The molecular weight excluding hydrogens is 326 g/mol. The van der Waals surface area contributed by atoms with Crippen LogP contribution in [0.25, 0.3) is 0 Å². The molecule has 0 bridgehead atoms. The predicted molar refractivity (Wildman–Crippen MR) is 92.7 cm³/mol. The van der Waals surface area contributed by atoms with Gasteiger partial charge in [-0.1, -0.05) is 18.3 Å². The maximum Gasteiger partial charge on any atom is 0.291 e. The zero-order chi connectivity index (χ0) is 16.9. The van der Waals surface area contributed by atoms with E-state index < -0.39 is 0 Å². The molecule has 2 aromatic heterocycles. The number of rotatable bonds is 4. The molecule has 6 nitrogen and oxygen atoms in total. The Balaban J connectivity index is 1.74. The number of nitrogens with one attached hydrogen (secondary N) is 3. The first-order valence-corrected chi connectivity index (χ1v) is 7.48. The molecule has 0 unspecified atom stereocenters. The third-order valence-electron chi connectivity index (χ3n) is 3.19. The van der Waals surface area contributed by atoms with Crippen LogP contribution < -0.4 is 10.6 Å². The van der Waals surface area contributed by atoms with Crippen LogP contribution in [-0.2, 0) is 0 Å². The predicted octanol–water partition coefficient (Wildman–Crippen LogP) is 3.84. The number of hydrogen-bond donors (Lipinski definition) is 3. The summed E-state index contributed by atoms with van der Waals surface area (Å²) in [5.41, 5.74) is 1.44. The van der Waals surface area contributed by atoms with Gasteiger partial charge < -0.3 is 20.0 Å². The normalized spacial score (nSPS) is 10.2. The molecule has 120 valence electrons. The third kappa shape index (κ3) is 3.58. The average molecular weight is 339 g/mol. The van der Waals surface area contributed by atoms with Crippen LogP contribution >= 0.6 is 12.2 Å². The van der Waals surface area contributed by atoms with E-state index in [1.807, 2.05) is 0 Å². The maximum atomic E-state index is 12.3. The maximum absolute atomic E-state index is 12.3. The molecule has 0 radical (unpaired) electrons. The summed E-state index contributed by atoms with van der Waals surface area (Å²) in [6.07, 6.45) is 3.08. The van der Waals surface area contributed by atoms with Gasteiger partial charge in [0, 0.05) is 17.6 Å². The van der Waals surface area contributed by atoms with E-state index in [-0.39, 0.29) is 17.6 Å². The molecule has 3 aromatic rings. The van der Waals surface area contributed by atoms with Crippen LogP contribution in [0.3, 0.4) is 0 Å². The van der Waals surface area contributed by atoms with E-state index in [0.717, 1.165) is 0 Å². The van der Waals surface area contributed by atoms with E-state index in [2.05, 4.69) is 15.6 Å². The highest BCUT2D eigenvalue weighted by Crippen LogP contribution is 2.17. The van der Waals surface area contributed by atoms with Crippen molar-refractivity contribution in [1.29, 1.82) is 0 Å². The van der Waals surface area contributed by atoms with Gasteiger partial charge in [0.2, 0.25) is 0 Å². The summed E-state index contributed by atoms with van der Waals surface area (Å²) < 4.78 is 5.40. The summed E-state index contributed by atoms with van der Waals surface area (Å²) in [6, 6.07) is 13.3. The van der Waals surface area contributed by atoms with Gasteiger partial charge in [-0.2, -0.15) is 0 Å². The van der Waals surface area contributed by atoms with Crippen molar-refractivity contribution >= 4 is 35.4 Å². The largest absolute Gasteiger partial charge is 0.459 e. The fourth-order valence-corrected chi connectivity index (χ4v) is 2.30. The second-order valence-electron chi connectivity index (χ2n) is 4.88. The Morgan fingerprint density at radius 2 is 1.71 bits per heavy atom. The molecule has 3 rings (SSSR count). The molecule has 0 saturated carbocycles. The lowest BCUT2D eigenvalue weighted by Gasteiger charge is -2.08. The molecule has 0 spiro atoms. The standard InChI is InChI=1S/C17H13N3O3S/c21-15(13-6-2-8-18-17(13)24)19-11-4-1-5-12(10-11)20-16(22)14-7-3-9-23-14/h1-10H,(H,18,24)(H,19,21)(H,20,22). The number of anilines is 2. The lowest BCUT2D eigenvalue weighted by molar-refractivity contribution is 0.0995. The Morgan fingerprint density at radius 1 is 0.958 bits per heavy atom. The molecule has 0 fully saturated rings. The second kappa shape index (κ2) is 6.93. The highest BCUT2D eigenvalue weighted by molar-refractivity contribution is 7.71. The van der Waals surface area contributed by atoms with E-state index in [4.69, 9.17) is 16.6 Å². The van der Waals surface area contributed by atoms with Crippen LogP contribution in [0.4, 0.5) is 11.4 Å². The lowest BCUT2D eigenvalue weighted by Crippen LogP contribution is -2.14. The number of furan rings is 1. The molecule has 2 amide bonds. The Labute approximate surface area is 142 Å². The first-order valence-electron chi connectivity index (χ1n) is 7.07. The van der Waals surface area contributed by atoms with Crippen LogP contribution in [0.5, 0.6) is 0 Å². The van der Waals surface area contributed by atoms with Crippen LogP contribution in [0.1, 0.15) is 20.9 Å². The Kier molecular flexibility index (Phi) is 4.53. The molecule has 0 atom stereocenters. The molecule has 0 aliphatic rings. The zero-order valence-electron chi connectivity index (χ0n) is 12.4. The highest BCUT2D eigenvalue weighted by atomic mass is 32.1. The number of pyridine rings is 1. The Bertz CT molecular complexity index is 932. The number of carbonyl (C=O) groups excluding carboxylic acids is 2. The van der Waals surface area contributed by atoms with Gasteiger partial charge in [-0.3, -0.25) is 9.59 Å². The van der Waals surface area contributed by atoms with E-state index in [1.165, 1.54) is 6.26 Å². The van der Waals surface area contributed by atoms with Gasteiger partial charge in [0.1, 0.15) is 4.64 Å². The summed E-state index contributed by atoms with van der Waals surface area (Å²) in [7, 11) is 0. The summed E-state index contributed by atoms with van der Waals surface area (Å²) in [6.45, 7) is 0. The van der Waals surface area contributed by atoms with Gasteiger partial charge in [0.05, 0.1) is 11.8 Å². The van der Waals surface area contributed by atoms with Gasteiger partial charge in [0.15, 0.2) is 5.76 Å². The summed E-state index contributed by atoms with van der Waals surface area (Å²) in [4.78, 5) is 27.0. The highest BCUT2D eigenvalue weighted by Gasteiger charge is 2.11. The van der Waals surface area contributed by atoms with E-state index in [9.17, 15) is 9.59 Å². The molecule has 0 aliphatic heterocycles. The van der Waals surface area contributed by atoms with Gasteiger partial charge >= 0.3 is 0 Å². The number of H-pyrrole nitrogens is 1. The van der Waals surface area contributed by atoms with Crippen molar-refractivity contribution in [1.82, 2.24) is 4.98 Å². The number of carbonyl (C=O) groups is 2. The minimum atomic E-state index is -0.367. The minimum absolute atomic E-state index is 0.208. The quantitative estimate of drug-likeness (QED) is 0.630. The number of aromatic nitrogens is 1. The fourth-order valence-electron chi connectivity index (χ4n) is 2.07. The molecule has 7 heteroatoms. The van der Waals surface area contributed by atoms with Gasteiger partial charge in [-0.25, -0.2) is 0 Å². The van der Waals surface area contributed by atoms with Crippen LogP contribution in [0, 0.1) is 4.64 Å². The molecule has 0 aliphatic carbocycles. The van der Waals surface area contributed by atoms with Crippen molar-refractivity contribution in [2.24, 2.45) is 0 Å². The SMILES string of the molecule is O=C(Nc1cccc(NC(=O)c2ccc[nH]c2=S)c1)c1ccco1. The Morgan fingerprint density at radius 3 is 2.38 bits per heavy atom. The monoisotopic (exact) mass is 339 g/mol.